The van der Waals surface area contributed by atoms with Crippen molar-refractivity contribution in [2.24, 2.45) is 0 Å². The van der Waals surface area contributed by atoms with Gasteiger partial charge >= 0.3 is 5.97 Å². The summed E-state index contributed by atoms with van der Waals surface area (Å²) in [5.74, 6) is -0.319. The first kappa shape index (κ1) is 54.4. The third kappa shape index (κ3) is 31.3. The minimum Gasteiger partial charge on any atom is -0.457 e. The van der Waals surface area contributed by atoms with Crippen molar-refractivity contribution in [2.75, 3.05) is 26.4 Å². The molecule has 4 N–H and O–H groups in total. The first-order valence-electron chi connectivity index (χ1n) is 24.1. The van der Waals surface area contributed by atoms with Crippen LogP contribution in [0.25, 0.3) is 0 Å². The molecular weight excluding hydrogens is 733 g/mol. The van der Waals surface area contributed by atoms with Gasteiger partial charge in [0.05, 0.1) is 19.8 Å². The maximum Gasteiger partial charge on any atom is 0.306 e. The molecule has 0 aromatic heterocycles. The van der Waals surface area contributed by atoms with Gasteiger partial charge in [0, 0.05) is 13.0 Å². The van der Waals surface area contributed by atoms with Crippen LogP contribution in [0.4, 0.5) is 0 Å². The van der Waals surface area contributed by atoms with E-state index < -0.39 is 43.4 Å². The average Bonchev–Trinajstić information content (AvgIpc) is 3.22. The average molecular weight is 823 g/mol. The lowest BCUT2D eigenvalue weighted by Crippen LogP contribution is -2.59. The first-order chi connectivity index (χ1) is 28.4. The standard InChI is InChI=1S/C49H90O9/c1-3-5-7-9-11-13-15-17-19-21-22-23-24-26-28-30-32-34-36-38-45(51)57-43(42-56-49-48(54)47(53)46(52)44(40-50)58-49)41-55-39-37-35-33-31-29-27-25-20-18-16-14-12-10-8-6-4-2/h12,14,17-20,43-44,46-50,52-54H,3-11,13,15-16,21-42H2,1-2H3/b14-12-,19-17-,20-18-. The molecule has 0 aliphatic carbocycles. The second kappa shape index (κ2) is 40.8. The quantitative estimate of drug-likeness (QED) is 0.0270. The van der Waals surface area contributed by atoms with E-state index in [2.05, 4.69) is 50.3 Å². The highest BCUT2D eigenvalue weighted by molar-refractivity contribution is 5.69. The summed E-state index contributed by atoms with van der Waals surface area (Å²) >= 11 is 0. The predicted molar refractivity (Wildman–Crippen MR) is 238 cm³/mol. The van der Waals surface area contributed by atoms with Crippen LogP contribution >= 0.6 is 0 Å². The minimum atomic E-state index is -1.54. The van der Waals surface area contributed by atoms with Crippen molar-refractivity contribution in [3.05, 3.63) is 36.5 Å². The van der Waals surface area contributed by atoms with Crippen molar-refractivity contribution in [3.63, 3.8) is 0 Å². The van der Waals surface area contributed by atoms with E-state index in [1.165, 1.54) is 135 Å². The molecule has 0 aromatic carbocycles. The van der Waals surface area contributed by atoms with Gasteiger partial charge in [0.2, 0.25) is 0 Å². The Bertz CT molecular complexity index is 983. The van der Waals surface area contributed by atoms with Crippen LogP contribution in [0.3, 0.4) is 0 Å². The van der Waals surface area contributed by atoms with Gasteiger partial charge in [-0.1, -0.05) is 166 Å². The number of hydrogen-bond acceptors (Lipinski definition) is 9. The summed E-state index contributed by atoms with van der Waals surface area (Å²) in [5, 5.41) is 40.2. The molecule has 0 bridgehead atoms. The Morgan fingerprint density at radius 2 is 1.00 bits per heavy atom. The predicted octanol–water partition coefficient (Wildman–Crippen LogP) is 11.1. The van der Waals surface area contributed by atoms with E-state index in [1.807, 2.05) is 0 Å². The van der Waals surface area contributed by atoms with Gasteiger partial charge in [0.15, 0.2) is 6.29 Å². The number of allylic oxidation sites excluding steroid dienone is 6. The van der Waals surface area contributed by atoms with E-state index in [9.17, 15) is 25.2 Å². The van der Waals surface area contributed by atoms with Crippen molar-refractivity contribution in [2.45, 2.75) is 243 Å². The van der Waals surface area contributed by atoms with Gasteiger partial charge in [0.1, 0.15) is 30.5 Å². The van der Waals surface area contributed by atoms with Crippen LogP contribution in [0, 0.1) is 0 Å². The maximum atomic E-state index is 12.8. The van der Waals surface area contributed by atoms with E-state index in [4.69, 9.17) is 18.9 Å². The van der Waals surface area contributed by atoms with Gasteiger partial charge in [0.25, 0.3) is 0 Å². The molecule has 6 atom stereocenters. The monoisotopic (exact) mass is 823 g/mol. The van der Waals surface area contributed by atoms with Crippen LogP contribution in [0.2, 0.25) is 0 Å². The van der Waals surface area contributed by atoms with Crippen LogP contribution in [-0.4, -0.2) is 89.6 Å². The molecule has 0 spiro atoms. The van der Waals surface area contributed by atoms with Gasteiger partial charge in [-0.15, -0.1) is 0 Å². The number of ether oxygens (including phenoxy) is 4. The Labute approximate surface area is 355 Å². The molecular formula is C49H90O9. The Morgan fingerprint density at radius 1 is 0.552 bits per heavy atom. The molecule has 9 heteroatoms. The van der Waals surface area contributed by atoms with Crippen LogP contribution in [-0.2, 0) is 23.7 Å². The Balaban J connectivity index is 2.24. The van der Waals surface area contributed by atoms with E-state index in [0.29, 0.717) is 13.0 Å². The molecule has 1 heterocycles. The zero-order valence-electron chi connectivity index (χ0n) is 37.3. The third-order valence-corrected chi connectivity index (χ3v) is 11.0. The molecule has 1 aliphatic rings. The number of unbranched alkanes of at least 4 members (excludes halogenated alkanes) is 24. The zero-order valence-corrected chi connectivity index (χ0v) is 37.3. The van der Waals surface area contributed by atoms with E-state index in [1.54, 1.807) is 0 Å². The first-order valence-corrected chi connectivity index (χ1v) is 24.1. The van der Waals surface area contributed by atoms with Gasteiger partial charge in [-0.05, 0) is 70.6 Å². The maximum absolute atomic E-state index is 12.8. The lowest BCUT2D eigenvalue weighted by molar-refractivity contribution is -0.305. The lowest BCUT2D eigenvalue weighted by atomic mass is 9.99. The fourth-order valence-electron chi connectivity index (χ4n) is 7.22. The van der Waals surface area contributed by atoms with Gasteiger partial charge in [-0.25, -0.2) is 0 Å². The normalized spacial score (nSPS) is 20.6. The number of rotatable bonds is 41. The molecule has 0 aromatic rings. The third-order valence-electron chi connectivity index (χ3n) is 11.0. The summed E-state index contributed by atoms with van der Waals surface area (Å²) in [7, 11) is 0. The van der Waals surface area contributed by atoms with Crippen molar-refractivity contribution < 1.29 is 44.2 Å². The van der Waals surface area contributed by atoms with Crippen LogP contribution in [0.5, 0.6) is 0 Å². The van der Waals surface area contributed by atoms with Gasteiger partial charge < -0.3 is 39.4 Å². The molecule has 1 aliphatic heterocycles. The molecule has 0 saturated carbocycles. The van der Waals surface area contributed by atoms with Crippen molar-refractivity contribution in [3.8, 4) is 0 Å². The number of carbonyl (C=O) groups excluding carboxylic acids is 1. The summed E-state index contributed by atoms with van der Waals surface area (Å²) in [6.45, 7) is 4.52. The molecule has 1 fully saturated rings. The molecule has 6 unspecified atom stereocenters. The second-order valence-corrected chi connectivity index (χ2v) is 16.6. The molecule has 9 nitrogen and oxygen atoms in total. The highest BCUT2D eigenvalue weighted by Crippen LogP contribution is 2.22. The van der Waals surface area contributed by atoms with Crippen molar-refractivity contribution >= 4 is 5.97 Å². The Hall–Kier alpha value is -1.59. The van der Waals surface area contributed by atoms with Crippen molar-refractivity contribution in [1.82, 2.24) is 0 Å². The summed E-state index contributed by atoms with van der Waals surface area (Å²) in [6.07, 6.45) is 41.7. The number of carbonyl (C=O) groups is 1. The summed E-state index contributed by atoms with van der Waals surface area (Å²) in [4.78, 5) is 12.8. The molecule has 1 saturated heterocycles. The van der Waals surface area contributed by atoms with Crippen LogP contribution < -0.4 is 0 Å². The lowest BCUT2D eigenvalue weighted by Gasteiger charge is -2.39. The number of aliphatic hydroxyl groups is 4. The fraction of sp³-hybridized carbons (Fsp3) is 0.857. The van der Waals surface area contributed by atoms with Crippen LogP contribution in [0.15, 0.2) is 36.5 Å². The SMILES string of the molecule is CCCCC/C=C\C/C=C\CCCCCCCCOCC(COC1OC(CO)C(O)C(O)C1O)OC(=O)CCCCCCCCCCC/C=C\CCCCCCCC. The van der Waals surface area contributed by atoms with E-state index in [-0.39, 0.29) is 19.2 Å². The van der Waals surface area contributed by atoms with Gasteiger partial charge in [-0.2, -0.15) is 0 Å². The fourth-order valence-corrected chi connectivity index (χ4v) is 7.22. The molecule has 0 amide bonds. The number of hydrogen-bond donors (Lipinski definition) is 4. The van der Waals surface area contributed by atoms with Gasteiger partial charge in [-0.3, -0.25) is 4.79 Å². The Morgan fingerprint density at radius 3 is 1.53 bits per heavy atom. The number of aliphatic hydroxyl groups excluding tert-OH is 4. The van der Waals surface area contributed by atoms with E-state index in [0.717, 1.165) is 51.4 Å². The summed E-state index contributed by atoms with van der Waals surface area (Å²) in [6, 6.07) is 0. The highest BCUT2D eigenvalue weighted by Gasteiger charge is 2.44. The smallest absolute Gasteiger partial charge is 0.306 e. The molecule has 1 rings (SSSR count). The van der Waals surface area contributed by atoms with Crippen molar-refractivity contribution in [1.29, 1.82) is 0 Å². The topological polar surface area (TPSA) is 135 Å². The molecule has 0 radical (unpaired) electrons. The number of esters is 1. The summed E-state index contributed by atoms with van der Waals surface area (Å²) < 4.78 is 22.8. The molecule has 58 heavy (non-hydrogen) atoms. The second-order valence-electron chi connectivity index (χ2n) is 16.6. The van der Waals surface area contributed by atoms with E-state index >= 15 is 0 Å². The minimum absolute atomic E-state index is 0.117. The summed E-state index contributed by atoms with van der Waals surface area (Å²) in [5.41, 5.74) is 0. The highest BCUT2D eigenvalue weighted by atomic mass is 16.7. The Kier molecular flexibility index (Phi) is 38.3. The largest absolute Gasteiger partial charge is 0.457 e. The molecule has 340 valence electrons. The zero-order chi connectivity index (χ0) is 42.2. The van der Waals surface area contributed by atoms with Crippen LogP contribution in [0.1, 0.15) is 206 Å².